The van der Waals surface area contributed by atoms with Crippen LogP contribution >= 0.6 is 0 Å². The lowest BCUT2D eigenvalue weighted by molar-refractivity contribution is -0.121. The highest BCUT2D eigenvalue weighted by molar-refractivity contribution is 6.04. The molecule has 0 aliphatic rings. The highest BCUT2D eigenvalue weighted by Crippen LogP contribution is 2.26. The Kier molecular flexibility index (Phi) is 28.8. The van der Waals surface area contributed by atoms with Crippen molar-refractivity contribution in [3.8, 4) is 23.0 Å². The number of hydrogen-bond donors (Lipinski definition) is 13. The van der Waals surface area contributed by atoms with E-state index in [1.165, 1.54) is 77.0 Å². The third-order valence-electron chi connectivity index (χ3n) is 13.9. The normalized spacial score (nSPS) is 12.1. The summed E-state index contributed by atoms with van der Waals surface area (Å²) in [6.45, 7) is 0.679. The third-order valence-corrected chi connectivity index (χ3v) is 13.9. The maximum atomic E-state index is 14.4. The minimum absolute atomic E-state index is 0.0204. The van der Waals surface area contributed by atoms with Gasteiger partial charge >= 0.3 is 0 Å². The summed E-state index contributed by atoms with van der Waals surface area (Å²) in [5, 5.41) is 8.42. The van der Waals surface area contributed by atoms with Crippen molar-refractivity contribution < 1.29 is 57.3 Å². The van der Waals surface area contributed by atoms with E-state index >= 15 is 0 Å². The van der Waals surface area contributed by atoms with Gasteiger partial charge in [0.05, 0.1) is 74.9 Å². The number of hydrogen-bond acceptors (Lipinski definition) is 17. The lowest BCUT2D eigenvalue weighted by Crippen LogP contribution is -2.42. The molecule has 29 heteroatoms. The predicted molar refractivity (Wildman–Crippen MR) is 337 cm³/mol. The van der Waals surface area contributed by atoms with Gasteiger partial charge in [-0.3, -0.25) is 58.3 Å². The fraction of sp³-hybridized carbons (Fsp3) is 0.400. The van der Waals surface area contributed by atoms with Gasteiger partial charge < -0.3 is 92.2 Å². The summed E-state index contributed by atoms with van der Waals surface area (Å²) in [6, 6.07) is 13.9. The number of carbonyl (C=O) groups excluding carboxylic acids is 8. The van der Waals surface area contributed by atoms with Crippen molar-refractivity contribution in [1.82, 2.24) is 16.0 Å². The number of rotatable bonds is 39. The van der Waals surface area contributed by atoms with Crippen LogP contribution in [0, 0.1) is 0 Å². The number of aliphatic imine (C=N–C) groups is 4. The molecule has 0 fully saturated rings. The number of nitrogens with two attached hydrogens (primary N) is 10. The molecule has 89 heavy (non-hydrogen) atoms. The molecule has 23 N–H and O–H groups in total. The smallest absolute Gasteiger partial charge is 0.255 e. The zero-order valence-electron chi connectivity index (χ0n) is 50.5. The number of guanidine groups is 4. The van der Waals surface area contributed by atoms with E-state index in [-0.39, 0.29) is 159 Å². The summed E-state index contributed by atoms with van der Waals surface area (Å²) >= 11 is 0. The van der Waals surface area contributed by atoms with Crippen LogP contribution in [-0.4, -0.2) is 149 Å². The van der Waals surface area contributed by atoms with Crippen LogP contribution in [0.3, 0.4) is 0 Å². The molecule has 0 aliphatic heterocycles. The van der Waals surface area contributed by atoms with Gasteiger partial charge in [-0.05, 0) is 122 Å². The van der Waals surface area contributed by atoms with Gasteiger partial charge in [-0.2, -0.15) is 0 Å². The number of ether oxygens (including phenoxy) is 4. The van der Waals surface area contributed by atoms with Crippen molar-refractivity contribution in [2.75, 3.05) is 54.6 Å². The number of ketones is 4. The fourth-order valence-corrected chi connectivity index (χ4v) is 9.33. The number of amides is 4. The predicted octanol–water partition coefficient (Wildman–Crippen LogP) is -0.796. The maximum Gasteiger partial charge on any atom is 0.255 e. The Morgan fingerprint density at radius 3 is 0.876 bits per heavy atom. The van der Waals surface area contributed by atoms with E-state index in [1.807, 2.05) is 0 Å². The van der Waals surface area contributed by atoms with Gasteiger partial charge in [-0.1, -0.05) is 24.3 Å². The van der Waals surface area contributed by atoms with E-state index in [1.54, 1.807) is 24.3 Å². The molecule has 4 aromatic carbocycles. The Bertz CT molecular complexity index is 3280. The van der Waals surface area contributed by atoms with Crippen LogP contribution < -0.4 is 92.2 Å². The summed E-state index contributed by atoms with van der Waals surface area (Å²) in [5.74, 6) is -4.56. The monoisotopic (exact) mass is 1230 g/mol. The van der Waals surface area contributed by atoms with E-state index in [0.29, 0.717) is 41.6 Å². The van der Waals surface area contributed by atoms with Gasteiger partial charge in [0.25, 0.3) is 23.6 Å². The van der Waals surface area contributed by atoms with Crippen LogP contribution in [0.15, 0.2) is 92.8 Å². The molecule has 0 saturated heterocycles. The highest BCUT2D eigenvalue weighted by Gasteiger charge is 2.29. The second-order valence-corrected chi connectivity index (χ2v) is 20.6. The molecule has 4 amide bonds. The fourth-order valence-electron chi connectivity index (χ4n) is 9.33. The Balaban J connectivity index is 1.60. The first-order valence-corrected chi connectivity index (χ1v) is 28.4. The summed E-state index contributed by atoms with van der Waals surface area (Å²) in [6.07, 6.45) is 0.878. The quantitative estimate of drug-likeness (QED) is 0.0148. The SMILES string of the molecule is COc1ccc(CC(=O)[C@H](CCCN=C(N)N)NC(=O)c2cc(CC(=O)[C@H](CCCN=C(N)N)NC(=O)c3cc(CC(=O)[C@H](CCCN=C(N)N)NC(=O)c4cc(CC(=O)[C@@H](N)CCCN=C(N)N)ccc4OC)ccc3OC)ccc2OC)cc1C(N)=O. The molecule has 0 heterocycles. The van der Waals surface area contributed by atoms with Crippen molar-refractivity contribution >= 4 is 70.6 Å². The molecule has 4 rings (SSSR count). The van der Waals surface area contributed by atoms with Crippen molar-refractivity contribution in [2.24, 2.45) is 77.3 Å². The molecular formula is C60H83N17O12. The molecule has 29 nitrogen and oxygen atoms in total. The number of primary amides is 1. The second-order valence-electron chi connectivity index (χ2n) is 20.6. The second kappa shape index (κ2) is 36.0. The van der Waals surface area contributed by atoms with Crippen molar-refractivity contribution in [2.45, 2.75) is 101 Å². The number of methoxy groups -OCH3 is 4. The number of Topliss-reactive ketones (excluding diaryl/α,β-unsaturated/α-hetero) is 4. The third kappa shape index (κ3) is 23.5. The first-order valence-electron chi connectivity index (χ1n) is 28.4. The van der Waals surface area contributed by atoms with Gasteiger partial charge in [0.2, 0.25) is 0 Å². The summed E-state index contributed by atoms with van der Waals surface area (Å²) in [4.78, 5) is 127. The van der Waals surface area contributed by atoms with Crippen LogP contribution in [0.5, 0.6) is 23.0 Å². The Hall–Kier alpha value is -10.3. The van der Waals surface area contributed by atoms with Crippen LogP contribution in [0.25, 0.3) is 0 Å². The number of benzene rings is 4. The van der Waals surface area contributed by atoms with Gasteiger partial charge in [0.15, 0.2) is 47.0 Å². The molecule has 0 spiro atoms. The highest BCUT2D eigenvalue weighted by atomic mass is 16.5. The lowest BCUT2D eigenvalue weighted by atomic mass is 9.96. The summed E-state index contributed by atoms with van der Waals surface area (Å²) in [7, 11) is 5.42. The van der Waals surface area contributed by atoms with Gasteiger partial charge in [-0.15, -0.1) is 0 Å². The first kappa shape index (κ1) is 71.2. The van der Waals surface area contributed by atoms with Crippen LogP contribution in [0.1, 0.15) is 115 Å². The Labute approximate surface area is 515 Å². The average Bonchev–Trinajstić information content (AvgIpc) is 2.33. The van der Waals surface area contributed by atoms with E-state index in [4.69, 9.17) is 76.3 Å². The molecular weight excluding hydrogens is 1150 g/mol. The van der Waals surface area contributed by atoms with Crippen LogP contribution in [-0.2, 0) is 44.9 Å². The van der Waals surface area contributed by atoms with Gasteiger partial charge in [0, 0.05) is 51.9 Å². The zero-order valence-corrected chi connectivity index (χ0v) is 50.5. The average molecular weight is 1230 g/mol. The number of nitrogens with one attached hydrogen (secondary N) is 3. The molecule has 0 bridgehead atoms. The first-order chi connectivity index (χ1) is 42.4. The van der Waals surface area contributed by atoms with Crippen molar-refractivity contribution in [3.63, 3.8) is 0 Å². The van der Waals surface area contributed by atoms with E-state index in [9.17, 15) is 38.4 Å². The topological polar surface area (TPSA) is 519 Å². The molecule has 0 saturated carbocycles. The maximum absolute atomic E-state index is 14.4. The van der Waals surface area contributed by atoms with Gasteiger partial charge in [0.1, 0.15) is 23.0 Å². The molecule has 0 aromatic heterocycles. The molecule has 0 radical (unpaired) electrons. The molecule has 4 aromatic rings. The van der Waals surface area contributed by atoms with Crippen LogP contribution in [0.4, 0.5) is 0 Å². The van der Waals surface area contributed by atoms with E-state index in [0.717, 1.165) is 0 Å². The molecule has 0 aliphatic carbocycles. The number of carbonyl (C=O) groups is 8. The minimum atomic E-state index is -1.18. The van der Waals surface area contributed by atoms with Gasteiger partial charge in [-0.25, -0.2) is 0 Å². The summed E-state index contributed by atoms with van der Waals surface area (Å²) in [5.41, 5.74) is 57.5. The summed E-state index contributed by atoms with van der Waals surface area (Å²) < 4.78 is 21.9. The minimum Gasteiger partial charge on any atom is -0.496 e. The number of nitrogens with zero attached hydrogens (tertiary/aromatic N) is 4. The largest absolute Gasteiger partial charge is 0.496 e. The molecule has 0 unspecified atom stereocenters. The standard InChI is InChI=1S/C60H83N17O12/c1-86-49-17-13-33(25-37(49)53(62)82)30-46(79)42(10-6-22-72-58(65)66)75-55(84)39-27-35(15-19-51(39)88-3)32-48(81)44(12-8-24-74-60(69)70)77-56(85)40-28-36(16-20-52(40)89-4)31-47(80)43(11-7-23-73-59(67)68)76-54(83)38-26-34(14-18-50(38)87-2)29-45(78)41(61)9-5-21-71-57(63)64/h13-20,25-28,41-44H,5-12,21-24,29-32,61H2,1-4H3,(H2,62,82)(H,75,84)(H,76,83)(H,77,85)(H4,63,64,71)(H4,65,66,72)(H4,67,68,73)(H4,69,70,74)/t41-,42-,43-,44-/m0/s1. The zero-order chi connectivity index (χ0) is 65.7. The Morgan fingerprint density at radius 2 is 0.618 bits per heavy atom. The van der Waals surface area contributed by atoms with E-state index in [2.05, 4.69) is 35.9 Å². The van der Waals surface area contributed by atoms with Crippen molar-refractivity contribution in [1.29, 1.82) is 0 Å². The lowest BCUT2D eigenvalue weighted by Gasteiger charge is -2.21. The van der Waals surface area contributed by atoms with Crippen molar-refractivity contribution in [3.05, 3.63) is 117 Å². The molecule has 4 atom stereocenters. The molecule has 480 valence electrons. The van der Waals surface area contributed by atoms with E-state index < -0.39 is 65.1 Å². The Morgan fingerprint density at radius 1 is 0.371 bits per heavy atom. The van der Waals surface area contributed by atoms with Crippen LogP contribution in [0.2, 0.25) is 0 Å².